The van der Waals surface area contributed by atoms with Gasteiger partial charge in [0.25, 0.3) is 0 Å². The van der Waals surface area contributed by atoms with Crippen molar-refractivity contribution in [2.24, 2.45) is 0 Å². The van der Waals surface area contributed by atoms with Crippen LogP contribution in [0.1, 0.15) is 24.5 Å². The summed E-state index contributed by atoms with van der Waals surface area (Å²) in [5.41, 5.74) is 2.32. The van der Waals surface area contributed by atoms with Gasteiger partial charge in [-0.1, -0.05) is 67.6 Å². The van der Waals surface area contributed by atoms with E-state index in [1.54, 1.807) is 6.26 Å². The van der Waals surface area contributed by atoms with Gasteiger partial charge < -0.3 is 14.2 Å². The fourth-order valence-electron chi connectivity index (χ4n) is 2.84. The summed E-state index contributed by atoms with van der Waals surface area (Å²) in [4.78, 5) is 0. The average Bonchev–Trinajstić information content (AvgIpc) is 2.66. The molecule has 3 nitrogen and oxygen atoms in total. The molecule has 1 heterocycles. The molecule has 3 heteroatoms. The molecular formula is C21H24O3. The lowest BCUT2D eigenvalue weighted by Gasteiger charge is -2.34. The highest BCUT2D eigenvalue weighted by atomic mass is 16.6. The molecule has 0 aromatic heterocycles. The molecule has 0 saturated heterocycles. The number of benzene rings is 2. The zero-order chi connectivity index (χ0) is 16.6. The van der Waals surface area contributed by atoms with Gasteiger partial charge in [-0.2, -0.15) is 0 Å². The third kappa shape index (κ3) is 4.47. The lowest BCUT2D eigenvalue weighted by molar-refractivity contribution is -0.130. The molecule has 0 bridgehead atoms. The first kappa shape index (κ1) is 16.7. The van der Waals surface area contributed by atoms with Crippen molar-refractivity contribution in [3.8, 4) is 0 Å². The number of hydrogen-bond acceptors (Lipinski definition) is 3. The molecule has 0 amide bonds. The Morgan fingerprint density at radius 2 is 1.42 bits per heavy atom. The van der Waals surface area contributed by atoms with Crippen LogP contribution in [0.3, 0.4) is 0 Å². The summed E-state index contributed by atoms with van der Waals surface area (Å²) in [6, 6.07) is 20.4. The molecule has 0 saturated carbocycles. The summed E-state index contributed by atoms with van der Waals surface area (Å²) in [6.07, 6.45) is 4.38. The standard InChI is InChI=1S/C21H24O3/c1-2-19-21(24-16-18-11-7-4-8-12-18)20(13-14-22-19)23-15-17-9-5-3-6-10-17/h3-14,19-21H,2,15-16H2,1H3. The average molecular weight is 324 g/mol. The molecule has 3 rings (SSSR count). The minimum atomic E-state index is -0.107. The molecule has 0 radical (unpaired) electrons. The number of ether oxygens (including phenoxy) is 3. The maximum Gasteiger partial charge on any atom is 0.126 e. The SMILES string of the molecule is CCC1OC=CC(OCc2ccccc2)C1OCc1ccccc1. The molecular weight excluding hydrogens is 300 g/mol. The zero-order valence-electron chi connectivity index (χ0n) is 14.0. The van der Waals surface area contributed by atoms with E-state index in [2.05, 4.69) is 31.2 Å². The molecule has 126 valence electrons. The molecule has 24 heavy (non-hydrogen) atoms. The Morgan fingerprint density at radius 3 is 2.00 bits per heavy atom. The smallest absolute Gasteiger partial charge is 0.126 e. The van der Waals surface area contributed by atoms with Crippen LogP contribution in [-0.2, 0) is 27.4 Å². The Kier molecular flexibility index (Phi) is 6.05. The number of rotatable bonds is 7. The van der Waals surface area contributed by atoms with Crippen molar-refractivity contribution in [2.75, 3.05) is 0 Å². The molecule has 2 aromatic rings. The largest absolute Gasteiger partial charge is 0.495 e. The van der Waals surface area contributed by atoms with Crippen LogP contribution >= 0.6 is 0 Å². The normalized spacial score (nSPS) is 23.0. The summed E-state index contributed by atoms with van der Waals surface area (Å²) in [5, 5.41) is 0. The van der Waals surface area contributed by atoms with E-state index in [0.29, 0.717) is 13.2 Å². The van der Waals surface area contributed by atoms with Crippen molar-refractivity contribution in [3.05, 3.63) is 84.1 Å². The van der Waals surface area contributed by atoms with E-state index in [-0.39, 0.29) is 18.3 Å². The van der Waals surface area contributed by atoms with E-state index in [9.17, 15) is 0 Å². The number of hydrogen-bond donors (Lipinski definition) is 0. The fourth-order valence-corrected chi connectivity index (χ4v) is 2.84. The Morgan fingerprint density at radius 1 is 0.833 bits per heavy atom. The first-order valence-corrected chi connectivity index (χ1v) is 8.50. The lowest BCUT2D eigenvalue weighted by atomic mass is 10.0. The summed E-state index contributed by atoms with van der Waals surface area (Å²) in [5.74, 6) is 0. The molecule has 0 N–H and O–H groups in total. The van der Waals surface area contributed by atoms with Gasteiger partial charge in [0.05, 0.1) is 19.5 Å². The molecule has 3 atom stereocenters. The summed E-state index contributed by atoms with van der Waals surface area (Å²) in [7, 11) is 0. The van der Waals surface area contributed by atoms with Gasteiger partial charge >= 0.3 is 0 Å². The highest BCUT2D eigenvalue weighted by Gasteiger charge is 2.32. The molecule has 0 fully saturated rings. The van der Waals surface area contributed by atoms with Gasteiger partial charge in [0.1, 0.15) is 18.3 Å². The van der Waals surface area contributed by atoms with Crippen LogP contribution in [0.4, 0.5) is 0 Å². The second-order valence-corrected chi connectivity index (χ2v) is 5.93. The predicted octanol–water partition coefficient (Wildman–Crippen LogP) is 4.48. The van der Waals surface area contributed by atoms with Gasteiger partial charge in [-0.25, -0.2) is 0 Å². The van der Waals surface area contributed by atoms with Crippen molar-refractivity contribution in [3.63, 3.8) is 0 Å². The topological polar surface area (TPSA) is 27.7 Å². The van der Waals surface area contributed by atoms with Gasteiger partial charge in [-0.05, 0) is 23.6 Å². The maximum atomic E-state index is 6.17. The monoisotopic (exact) mass is 324 g/mol. The van der Waals surface area contributed by atoms with Gasteiger partial charge in [0.15, 0.2) is 0 Å². The van der Waals surface area contributed by atoms with Crippen LogP contribution in [0.15, 0.2) is 73.0 Å². The Balaban J connectivity index is 1.63. The first-order valence-electron chi connectivity index (χ1n) is 8.50. The van der Waals surface area contributed by atoms with Gasteiger partial charge in [0.2, 0.25) is 0 Å². The van der Waals surface area contributed by atoms with Crippen molar-refractivity contribution in [2.45, 2.75) is 44.9 Å². The summed E-state index contributed by atoms with van der Waals surface area (Å²) >= 11 is 0. The molecule has 0 aliphatic carbocycles. The highest BCUT2D eigenvalue weighted by Crippen LogP contribution is 2.23. The zero-order valence-corrected chi connectivity index (χ0v) is 14.0. The van der Waals surface area contributed by atoms with Crippen molar-refractivity contribution in [1.29, 1.82) is 0 Å². The van der Waals surface area contributed by atoms with E-state index in [1.807, 2.05) is 42.5 Å². The van der Waals surface area contributed by atoms with Crippen LogP contribution in [0.2, 0.25) is 0 Å². The van der Waals surface area contributed by atoms with Crippen LogP contribution < -0.4 is 0 Å². The van der Waals surface area contributed by atoms with Crippen LogP contribution in [0, 0.1) is 0 Å². The minimum absolute atomic E-state index is 0.0134. The molecule has 2 aromatic carbocycles. The maximum absolute atomic E-state index is 6.17. The third-order valence-corrected chi connectivity index (χ3v) is 4.18. The van der Waals surface area contributed by atoms with E-state index in [1.165, 1.54) is 0 Å². The molecule has 0 spiro atoms. The second-order valence-electron chi connectivity index (χ2n) is 5.93. The molecule has 1 aliphatic rings. The van der Waals surface area contributed by atoms with Crippen LogP contribution in [-0.4, -0.2) is 18.3 Å². The summed E-state index contributed by atoms with van der Waals surface area (Å²) < 4.78 is 18.0. The molecule has 3 unspecified atom stereocenters. The van der Waals surface area contributed by atoms with E-state index >= 15 is 0 Å². The first-order chi connectivity index (χ1) is 11.9. The molecule has 1 aliphatic heterocycles. The second kappa shape index (κ2) is 8.67. The van der Waals surface area contributed by atoms with Gasteiger partial charge in [-0.15, -0.1) is 0 Å². The van der Waals surface area contributed by atoms with E-state index in [0.717, 1.165) is 17.5 Å². The van der Waals surface area contributed by atoms with Gasteiger partial charge in [0, 0.05) is 0 Å². The van der Waals surface area contributed by atoms with Crippen molar-refractivity contribution >= 4 is 0 Å². The highest BCUT2D eigenvalue weighted by molar-refractivity contribution is 5.15. The van der Waals surface area contributed by atoms with Crippen molar-refractivity contribution < 1.29 is 14.2 Å². The Labute approximate surface area is 143 Å². The fraction of sp³-hybridized carbons (Fsp3) is 0.333. The van der Waals surface area contributed by atoms with E-state index in [4.69, 9.17) is 14.2 Å². The van der Waals surface area contributed by atoms with Crippen molar-refractivity contribution in [1.82, 2.24) is 0 Å². The quantitative estimate of drug-likeness (QED) is 0.751. The third-order valence-electron chi connectivity index (χ3n) is 4.18. The Hall–Kier alpha value is -2.10. The lowest BCUT2D eigenvalue weighted by Crippen LogP contribution is -2.43. The van der Waals surface area contributed by atoms with Crippen LogP contribution in [0.25, 0.3) is 0 Å². The summed E-state index contributed by atoms with van der Waals surface area (Å²) in [6.45, 7) is 3.23. The van der Waals surface area contributed by atoms with Gasteiger partial charge in [-0.3, -0.25) is 0 Å². The van der Waals surface area contributed by atoms with E-state index < -0.39 is 0 Å². The van der Waals surface area contributed by atoms with Crippen LogP contribution in [0.5, 0.6) is 0 Å². The Bertz CT molecular complexity index is 624. The minimum Gasteiger partial charge on any atom is -0.495 e. The predicted molar refractivity (Wildman–Crippen MR) is 94.3 cm³/mol.